The standard InChI is InChI=1S/C29H51NO9/c1-24(31)23-39-22-21-38-20-14-15-25(32)18-19-26(29(36)37)30-27(33)16-12-10-8-6-4-2-3-5-7-9-11-13-17-28(34)35/h26H,2-23H2,1H3,(H,30,33)(H,34,35)(H,36,37)/t26-/m0/s1. The zero-order valence-corrected chi connectivity index (χ0v) is 23.9. The number of carbonyl (C=O) groups excluding carboxylic acids is 3. The summed E-state index contributed by atoms with van der Waals surface area (Å²) in [5.41, 5.74) is 0. The highest BCUT2D eigenvalue weighted by atomic mass is 16.5. The van der Waals surface area contributed by atoms with Gasteiger partial charge in [-0.2, -0.15) is 0 Å². The van der Waals surface area contributed by atoms with Gasteiger partial charge in [-0.05, 0) is 32.6 Å². The molecule has 0 bridgehead atoms. The number of carboxylic acid groups (broad SMARTS) is 2. The van der Waals surface area contributed by atoms with Gasteiger partial charge in [0.05, 0.1) is 13.2 Å². The minimum atomic E-state index is -1.13. The van der Waals surface area contributed by atoms with E-state index < -0.39 is 18.0 Å². The van der Waals surface area contributed by atoms with Crippen molar-refractivity contribution < 1.29 is 43.7 Å². The molecule has 0 saturated carbocycles. The van der Waals surface area contributed by atoms with E-state index in [1.165, 1.54) is 32.6 Å². The second-order valence-corrected chi connectivity index (χ2v) is 10.1. The number of aliphatic carboxylic acids is 2. The van der Waals surface area contributed by atoms with Crippen LogP contribution in [0, 0.1) is 0 Å². The van der Waals surface area contributed by atoms with Crippen molar-refractivity contribution in [2.75, 3.05) is 26.4 Å². The highest BCUT2D eigenvalue weighted by molar-refractivity contribution is 5.84. The number of hydrogen-bond acceptors (Lipinski definition) is 7. The van der Waals surface area contributed by atoms with Gasteiger partial charge in [-0.15, -0.1) is 0 Å². The maximum Gasteiger partial charge on any atom is 0.326 e. The third-order valence-electron chi connectivity index (χ3n) is 6.31. The first-order valence-electron chi connectivity index (χ1n) is 14.6. The number of unbranched alkanes of at least 4 members (excludes halogenated alkanes) is 11. The summed E-state index contributed by atoms with van der Waals surface area (Å²) in [5.74, 6) is -2.26. The number of ketones is 2. The van der Waals surface area contributed by atoms with Crippen LogP contribution in [0.5, 0.6) is 0 Å². The second-order valence-electron chi connectivity index (χ2n) is 10.1. The summed E-state index contributed by atoms with van der Waals surface area (Å²) in [6.07, 6.45) is 14.1. The van der Waals surface area contributed by atoms with E-state index >= 15 is 0 Å². The number of rotatable bonds is 29. The molecule has 0 radical (unpaired) electrons. The quantitative estimate of drug-likeness (QED) is 0.109. The number of Topliss-reactive ketones (excluding diaryl/α,β-unsaturated/α-hetero) is 2. The smallest absolute Gasteiger partial charge is 0.326 e. The van der Waals surface area contributed by atoms with Crippen LogP contribution < -0.4 is 5.32 Å². The van der Waals surface area contributed by atoms with Crippen molar-refractivity contribution in [3.63, 3.8) is 0 Å². The summed E-state index contributed by atoms with van der Waals surface area (Å²) in [4.78, 5) is 56.9. The van der Waals surface area contributed by atoms with Gasteiger partial charge in [0.1, 0.15) is 18.4 Å². The molecule has 10 nitrogen and oxygen atoms in total. The van der Waals surface area contributed by atoms with E-state index in [2.05, 4.69) is 5.32 Å². The van der Waals surface area contributed by atoms with E-state index in [9.17, 15) is 29.1 Å². The van der Waals surface area contributed by atoms with Crippen molar-refractivity contribution in [3.05, 3.63) is 0 Å². The fourth-order valence-corrected chi connectivity index (χ4v) is 4.09. The van der Waals surface area contributed by atoms with E-state index in [0.717, 1.165) is 44.9 Å². The maximum absolute atomic E-state index is 12.2. The lowest BCUT2D eigenvalue weighted by Gasteiger charge is -2.14. The van der Waals surface area contributed by atoms with Crippen LogP contribution in [0.3, 0.4) is 0 Å². The Labute approximate surface area is 233 Å². The van der Waals surface area contributed by atoms with Gasteiger partial charge < -0.3 is 25.0 Å². The van der Waals surface area contributed by atoms with Crippen molar-refractivity contribution in [1.29, 1.82) is 0 Å². The van der Waals surface area contributed by atoms with E-state index in [-0.39, 0.29) is 56.2 Å². The molecule has 0 aromatic carbocycles. The Kier molecular flexibility index (Phi) is 24.4. The molecule has 0 aromatic heterocycles. The monoisotopic (exact) mass is 557 g/mol. The Balaban J connectivity index is 3.70. The van der Waals surface area contributed by atoms with Gasteiger partial charge in [0.15, 0.2) is 5.78 Å². The average molecular weight is 558 g/mol. The van der Waals surface area contributed by atoms with Crippen LogP contribution in [0.2, 0.25) is 0 Å². The van der Waals surface area contributed by atoms with Crippen molar-refractivity contribution in [3.8, 4) is 0 Å². The molecular weight excluding hydrogens is 506 g/mol. The average Bonchev–Trinajstić information content (AvgIpc) is 2.87. The summed E-state index contributed by atoms with van der Waals surface area (Å²) in [7, 11) is 0. The van der Waals surface area contributed by atoms with E-state index in [1.54, 1.807) is 0 Å². The topological polar surface area (TPSA) is 156 Å². The lowest BCUT2D eigenvalue weighted by Crippen LogP contribution is -2.41. The van der Waals surface area contributed by atoms with Gasteiger partial charge in [0.25, 0.3) is 0 Å². The Morgan fingerprint density at radius 3 is 1.64 bits per heavy atom. The lowest BCUT2D eigenvalue weighted by atomic mass is 10.0. The van der Waals surface area contributed by atoms with Crippen LogP contribution in [-0.4, -0.2) is 72.1 Å². The summed E-state index contributed by atoms with van der Waals surface area (Å²) in [6, 6.07) is -1.06. The van der Waals surface area contributed by atoms with Crippen molar-refractivity contribution in [1.82, 2.24) is 5.32 Å². The number of nitrogens with one attached hydrogen (secondary N) is 1. The number of amides is 1. The molecule has 0 unspecified atom stereocenters. The predicted molar refractivity (Wildman–Crippen MR) is 148 cm³/mol. The first-order chi connectivity index (χ1) is 18.7. The molecule has 0 spiro atoms. The molecule has 0 fully saturated rings. The third-order valence-corrected chi connectivity index (χ3v) is 6.31. The van der Waals surface area contributed by atoms with E-state index in [0.29, 0.717) is 32.7 Å². The van der Waals surface area contributed by atoms with Gasteiger partial charge in [-0.1, -0.05) is 64.2 Å². The van der Waals surface area contributed by atoms with Crippen LogP contribution in [0.4, 0.5) is 0 Å². The van der Waals surface area contributed by atoms with Gasteiger partial charge >= 0.3 is 11.9 Å². The molecule has 0 saturated heterocycles. The maximum atomic E-state index is 12.2. The molecule has 0 aliphatic carbocycles. The number of carboxylic acids is 2. The fourth-order valence-electron chi connectivity index (χ4n) is 4.09. The minimum absolute atomic E-state index is 0.0504. The molecular formula is C29H51NO9. The molecule has 0 aliphatic rings. The number of carbonyl (C=O) groups is 5. The summed E-state index contributed by atoms with van der Waals surface area (Å²) >= 11 is 0. The first kappa shape index (κ1) is 36.7. The number of hydrogen-bond donors (Lipinski definition) is 3. The molecule has 1 atom stereocenters. The molecule has 0 aromatic rings. The van der Waals surface area contributed by atoms with E-state index in [4.69, 9.17) is 14.6 Å². The zero-order chi connectivity index (χ0) is 29.1. The SMILES string of the molecule is CC(=O)COCCOCCCC(=O)CC[C@H](NC(=O)CCCCCCCCCCCCCCC(=O)O)C(=O)O. The van der Waals surface area contributed by atoms with Crippen molar-refractivity contribution >= 4 is 29.4 Å². The largest absolute Gasteiger partial charge is 0.481 e. The van der Waals surface area contributed by atoms with Crippen molar-refractivity contribution in [2.24, 2.45) is 0 Å². The highest BCUT2D eigenvalue weighted by Gasteiger charge is 2.20. The molecule has 0 rings (SSSR count). The normalized spacial score (nSPS) is 11.7. The molecule has 0 heterocycles. The first-order valence-corrected chi connectivity index (χ1v) is 14.6. The van der Waals surface area contributed by atoms with Crippen molar-refractivity contribution in [2.45, 2.75) is 129 Å². The molecule has 0 aliphatic heterocycles. The minimum Gasteiger partial charge on any atom is -0.481 e. The molecule has 226 valence electrons. The Bertz CT molecular complexity index is 696. The van der Waals surface area contributed by atoms with Gasteiger partial charge in [-0.3, -0.25) is 19.2 Å². The van der Waals surface area contributed by atoms with Gasteiger partial charge in [0, 0.05) is 32.3 Å². The predicted octanol–water partition coefficient (Wildman–Crippen LogP) is 4.85. The summed E-state index contributed by atoms with van der Waals surface area (Å²) in [5, 5.41) is 20.5. The fraction of sp³-hybridized carbons (Fsp3) is 0.828. The van der Waals surface area contributed by atoms with Gasteiger partial charge in [0.2, 0.25) is 5.91 Å². The second kappa shape index (κ2) is 25.9. The van der Waals surface area contributed by atoms with Crippen LogP contribution in [0.25, 0.3) is 0 Å². The van der Waals surface area contributed by atoms with Crippen LogP contribution >= 0.6 is 0 Å². The summed E-state index contributed by atoms with van der Waals surface area (Å²) < 4.78 is 10.4. The Hall–Kier alpha value is -2.33. The Morgan fingerprint density at radius 1 is 0.615 bits per heavy atom. The third kappa shape index (κ3) is 27.0. The summed E-state index contributed by atoms with van der Waals surface area (Å²) in [6.45, 7) is 2.54. The zero-order valence-electron chi connectivity index (χ0n) is 23.9. The highest BCUT2D eigenvalue weighted by Crippen LogP contribution is 2.13. The van der Waals surface area contributed by atoms with Crippen LogP contribution in [0.15, 0.2) is 0 Å². The van der Waals surface area contributed by atoms with Gasteiger partial charge in [-0.25, -0.2) is 4.79 Å². The van der Waals surface area contributed by atoms with E-state index in [1.807, 2.05) is 0 Å². The molecule has 10 heteroatoms. The van der Waals surface area contributed by atoms with Crippen LogP contribution in [0.1, 0.15) is 122 Å². The Morgan fingerprint density at radius 2 is 1.13 bits per heavy atom. The molecule has 1 amide bonds. The lowest BCUT2D eigenvalue weighted by molar-refractivity contribution is -0.142. The molecule has 3 N–H and O–H groups in total. The molecule has 39 heavy (non-hydrogen) atoms. The van der Waals surface area contributed by atoms with Crippen LogP contribution in [-0.2, 0) is 33.4 Å². The number of ether oxygens (including phenoxy) is 2.